The summed E-state index contributed by atoms with van der Waals surface area (Å²) in [4.78, 5) is 19.1. The van der Waals surface area contributed by atoms with Crippen molar-refractivity contribution < 1.29 is 8.98 Å². The van der Waals surface area contributed by atoms with Gasteiger partial charge in [-0.25, -0.2) is 9.78 Å². The van der Waals surface area contributed by atoms with Crippen LogP contribution in [0.25, 0.3) is 33.5 Å². The van der Waals surface area contributed by atoms with Crippen LogP contribution in [0.3, 0.4) is 0 Å². The zero-order valence-electron chi connectivity index (χ0n) is 16.2. The predicted octanol–water partition coefficient (Wildman–Crippen LogP) is 4.24. The Hall–Kier alpha value is -2.99. The SMILES string of the molecule is CCN(CC)c1ccc2nc(/C=C/c3sc4ccccc4[n+]3C)c(=O)oc2c1. The Morgan fingerprint density at radius 3 is 2.68 bits per heavy atom. The molecular formula is C22H22N3O2S+. The average molecular weight is 393 g/mol. The molecule has 2 heterocycles. The van der Waals surface area contributed by atoms with E-state index in [9.17, 15) is 4.79 Å². The van der Waals surface area contributed by atoms with Gasteiger partial charge in [0.25, 0.3) is 5.01 Å². The van der Waals surface area contributed by atoms with Crippen molar-refractivity contribution in [1.82, 2.24) is 4.98 Å². The van der Waals surface area contributed by atoms with Gasteiger partial charge in [-0.15, -0.1) is 0 Å². The van der Waals surface area contributed by atoms with Crippen molar-refractivity contribution in [3.05, 3.63) is 63.6 Å². The van der Waals surface area contributed by atoms with Crippen molar-refractivity contribution in [2.45, 2.75) is 13.8 Å². The number of aryl methyl sites for hydroxylation is 1. The van der Waals surface area contributed by atoms with Gasteiger partial charge in [0.15, 0.2) is 5.58 Å². The first-order valence-electron chi connectivity index (χ1n) is 9.36. The van der Waals surface area contributed by atoms with Crippen LogP contribution < -0.4 is 15.1 Å². The standard InChI is InChI=1S/C22H22N3O2S/c1-4-25(5-2)15-10-11-16-19(14-15)27-22(26)17(23-16)12-13-21-24(3)18-8-6-7-9-20(18)28-21/h6-14H,4-5H2,1-3H3/q+1. The number of hydrogen-bond donors (Lipinski definition) is 0. The molecule has 2 aromatic heterocycles. The van der Waals surface area contributed by atoms with E-state index in [1.807, 2.05) is 43.5 Å². The molecule has 0 unspecified atom stereocenters. The highest BCUT2D eigenvalue weighted by Gasteiger charge is 2.14. The first-order valence-corrected chi connectivity index (χ1v) is 10.2. The summed E-state index contributed by atoms with van der Waals surface area (Å²) in [7, 11) is 2.02. The highest BCUT2D eigenvalue weighted by molar-refractivity contribution is 7.18. The molecular weight excluding hydrogens is 370 g/mol. The van der Waals surface area contributed by atoms with Gasteiger partial charge >= 0.3 is 5.63 Å². The van der Waals surface area contributed by atoms with Crippen molar-refractivity contribution in [1.29, 1.82) is 0 Å². The second-order valence-corrected chi connectivity index (χ2v) is 7.57. The van der Waals surface area contributed by atoms with Crippen LogP contribution in [0.2, 0.25) is 0 Å². The highest BCUT2D eigenvalue weighted by atomic mass is 32.1. The van der Waals surface area contributed by atoms with Crippen molar-refractivity contribution >= 4 is 50.5 Å². The first-order chi connectivity index (χ1) is 13.6. The van der Waals surface area contributed by atoms with Crippen molar-refractivity contribution in [3.63, 3.8) is 0 Å². The number of thiazole rings is 1. The zero-order chi connectivity index (χ0) is 19.7. The van der Waals surface area contributed by atoms with E-state index in [2.05, 4.69) is 40.4 Å². The van der Waals surface area contributed by atoms with E-state index >= 15 is 0 Å². The first kappa shape index (κ1) is 18.4. The lowest BCUT2D eigenvalue weighted by molar-refractivity contribution is -0.642. The lowest BCUT2D eigenvalue weighted by atomic mass is 10.2. The Bertz CT molecular complexity index is 1240. The molecule has 0 bridgehead atoms. The minimum absolute atomic E-state index is 0.306. The van der Waals surface area contributed by atoms with E-state index in [-0.39, 0.29) is 0 Å². The summed E-state index contributed by atoms with van der Waals surface area (Å²) in [6.07, 6.45) is 3.65. The second-order valence-electron chi connectivity index (χ2n) is 6.51. The number of rotatable bonds is 5. The monoisotopic (exact) mass is 392 g/mol. The van der Waals surface area contributed by atoms with E-state index in [0.29, 0.717) is 16.8 Å². The maximum absolute atomic E-state index is 12.4. The molecule has 2 aromatic carbocycles. The van der Waals surface area contributed by atoms with Crippen molar-refractivity contribution in [2.75, 3.05) is 18.0 Å². The molecule has 4 aromatic rings. The van der Waals surface area contributed by atoms with Crippen LogP contribution >= 0.6 is 11.3 Å². The fourth-order valence-corrected chi connectivity index (χ4v) is 4.36. The maximum Gasteiger partial charge on any atom is 0.362 e. The van der Waals surface area contributed by atoms with E-state index in [1.165, 1.54) is 4.70 Å². The highest BCUT2D eigenvalue weighted by Crippen LogP contribution is 2.22. The topological polar surface area (TPSA) is 50.2 Å². The Labute approximate surface area is 167 Å². The quantitative estimate of drug-likeness (QED) is 0.477. The van der Waals surface area contributed by atoms with Crippen LogP contribution in [0.1, 0.15) is 24.5 Å². The summed E-state index contributed by atoms with van der Waals surface area (Å²) in [6.45, 7) is 5.99. The summed E-state index contributed by atoms with van der Waals surface area (Å²) in [5.74, 6) is 0. The fourth-order valence-electron chi connectivity index (χ4n) is 3.31. The Kier molecular flexibility index (Phi) is 4.96. The molecule has 142 valence electrons. The minimum atomic E-state index is -0.427. The number of aromatic nitrogens is 2. The lowest BCUT2D eigenvalue weighted by Crippen LogP contribution is -2.28. The molecule has 0 spiro atoms. The molecule has 0 fully saturated rings. The van der Waals surface area contributed by atoms with Gasteiger partial charge in [0.2, 0.25) is 5.52 Å². The van der Waals surface area contributed by atoms with E-state index < -0.39 is 5.63 Å². The van der Waals surface area contributed by atoms with Gasteiger partial charge < -0.3 is 9.32 Å². The van der Waals surface area contributed by atoms with Crippen LogP contribution in [-0.2, 0) is 7.05 Å². The number of anilines is 1. The zero-order valence-corrected chi connectivity index (χ0v) is 17.0. The molecule has 6 heteroatoms. The average Bonchev–Trinajstić information content (AvgIpc) is 3.03. The van der Waals surface area contributed by atoms with Gasteiger partial charge in [0.05, 0.1) is 0 Å². The number of nitrogens with zero attached hydrogens (tertiary/aromatic N) is 3. The second kappa shape index (κ2) is 7.56. The van der Waals surface area contributed by atoms with Crippen LogP contribution in [0.15, 0.2) is 51.7 Å². The predicted molar refractivity (Wildman–Crippen MR) is 116 cm³/mol. The molecule has 0 aliphatic rings. The van der Waals surface area contributed by atoms with Crippen LogP contribution in [0, 0.1) is 0 Å². The molecule has 0 saturated carbocycles. The summed E-state index contributed by atoms with van der Waals surface area (Å²) in [6, 6.07) is 14.0. The largest absolute Gasteiger partial charge is 0.419 e. The molecule has 0 saturated heterocycles. The summed E-state index contributed by atoms with van der Waals surface area (Å²) >= 11 is 1.67. The van der Waals surface area contributed by atoms with Gasteiger partial charge in [0.1, 0.15) is 23.0 Å². The number of hydrogen-bond acceptors (Lipinski definition) is 5. The normalized spacial score (nSPS) is 11.7. The summed E-state index contributed by atoms with van der Waals surface area (Å²) < 4.78 is 8.86. The van der Waals surface area contributed by atoms with Crippen LogP contribution in [0.5, 0.6) is 0 Å². The van der Waals surface area contributed by atoms with Gasteiger partial charge in [-0.1, -0.05) is 23.5 Å². The van der Waals surface area contributed by atoms with E-state index in [4.69, 9.17) is 4.42 Å². The van der Waals surface area contributed by atoms with E-state index in [1.54, 1.807) is 17.4 Å². The third-order valence-corrected chi connectivity index (χ3v) is 6.06. The Morgan fingerprint density at radius 2 is 1.93 bits per heavy atom. The molecule has 0 radical (unpaired) electrons. The third-order valence-electron chi connectivity index (χ3n) is 4.88. The molecule has 0 aliphatic carbocycles. The number of fused-ring (bicyclic) bond motifs is 2. The van der Waals surface area contributed by atoms with Crippen molar-refractivity contribution in [3.8, 4) is 0 Å². The number of benzene rings is 2. The molecule has 4 rings (SSSR count). The van der Waals surface area contributed by atoms with E-state index in [0.717, 1.165) is 29.3 Å². The fraction of sp³-hybridized carbons (Fsp3) is 0.227. The molecule has 0 atom stereocenters. The summed E-state index contributed by atoms with van der Waals surface area (Å²) in [5.41, 5.74) is 3.26. The van der Waals surface area contributed by atoms with Crippen LogP contribution in [-0.4, -0.2) is 18.1 Å². The molecule has 5 nitrogen and oxygen atoms in total. The summed E-state index contributed by atoms with van der Waals surface area (Å²) in [5, 5.41) is 1.04. The Morgan fingerprint density at radius 1 is 1.14 bits per heavy atom. The molecule has 28 heavy (non-hydrogen) atoms. The Balaban J connectivity index is 1.71. The number of para-hydroxylation sites is 1. The van der Waals surface area contributed by atoms with Crippen LogP contribution in [0.4, 0.5) is 5.69 Å². The van der Waals surface area contributed by atoms with Gasteiger partial charge in [-0.3, -0.25) is 0 Å². The van der Waals surface area contributed by atoms with Gasteiger partial charge in [-0.2, -0.15) is 4.57 Å². The molecule has 0 aliphatic heterocycles. The third kappa shape index (κ3) is 3.31. The molecule has 0 N–H and O–H groups in total. The van der Waals surface area contributed by atoms with Crippen molar-refractivity contribution in [2.24, 2.45) is 7.05 Å². The maximum atomic E-state index is 12.4. The molecule has 0 amide bonds. The van der Waals surface area contributed by atoms with Gasteiger partial charge in [-0.05, 0) is 38.1 Å². The lowest BCUT2D eigenvalue weighted by Gasteiger charge is -2.20. The minimum Gasteiger partial charge on any atom is -0.419 e. The smallest absolute Gasteiger partial charge is 0.362 e. The van der Waals surface area contributed by atoms with Gasteiger partial charge in [0, 0.05) is 37.0 Å².